The number of nitrogens with one attached hydrogen (secondary N) is 1. The lowest BCUT2D eigenvalue weighted by atomic mass is 10.0. The van der Waals surface area contributed by atoms with Crippen LogP contribution in [0.4, 0.5) is 5.69 Å². The van der Waals surface area contributed by atoms with E-state index in [9.17, 15) is 18.0 Å². The number of methoxy groups -OCH3 is 1. The van der Waals surface area contributed by atoms with Gasteiger partial charge in [0.25, 0.3) is 10.0 Å². The highest BCUT2D eigenvalue weighted by Gasteiger charge is 2.34. The van der Waals surface area contributed by atoms with E-state index in [4.69, 9.17) is 4.74 Å². The molecule has 0 bridgehead atoms. The van der Waals surface area contributed by atoms with Crippen LogP contribution in [-0.4, -0.2) is 51.9 Å². The molecule has 1 N–H and O–H groups in total. The summed E-state index contributed by atoms with van der Waals surface area (Å²) in [4.78, 5) is 29.1. The van der Waals surface area contributed by atoms with Gasteiger partial charge in [-0.3, -0.25) is 13.9 Å². The maximum atomic E-state index is 14.3. The van der Waals surface area contributed by atoms with Gasteiger partial charge in [-0.05, 0) is 53.6 Å². The van der Waals surface area contributed by atoms with Crippen molar-refractivity contribution in [1.29, 1.82) is 0 Å². The summed E-state index contributed by atoms with van der Waals surface area (Å²) < 4.78 is 35.0. The fourth-order valence-electron chi connectivity index (χ4n) is 4.57. The smallest absolute Gasteiger partial charge is 0.264 e. The van der Waals surface area contributed by atoms with E-state index in [-0.39, 0.29) is 23.8 Å². The van der Waals surface area contributed by atoms with Crippen molar-refractivity contribution < 1.29 is 22.7 Å². The second-order valence-electron chi connectivity index (χ2n) is 9.50. The van der Waals surface area contributed by atoms with Crippen LogP contribution in [0.15, 0.2) is 119 Å². The number of rotatable bonds is 12. The molecule has 0 aliphatic carbocycles. The van der Waals surface area contributed by atoms with E-state index in [1.807, 2.05) is 36.4 Å². The van der Waals surface area contributed by atoms with Gasteiger partial charge in [0.2, 0.25) is 11.8 Å². The Bertz CT molecular complexity index is 1620. The number of benzene rings is 4. The lowest BCUT2D eigenvalue weighted by molar-refractivity contribution is -0.139. The molecule has 2 amide bonds. The van der Waals surface area contributed by atoms with Gasteiger partial charge >= 0.3 is 0 Å². The molecular weight excluding hydrogens is 618 g/mol. The second kappa shape index (κ2) is 14.2. The number of carbonyl (C=O) groups excluding carboxylic acids is 2. The molecule has 10 heteroatoms. The molecule has 0 saturated heterocycles. The van der Waals surface area contributed by atoms with Gasteiger partial charge in [-0.1, -0.05) is 82.7 Å². The third-order valence-corrected chi connectivity index (χ3v) is 8.99. The molecule has 218 valence electrons. The number of amides is 2. The summed E-state index contributed by atoms with van der Waals surface area (Å²) in [5.74, 6) is -0.307. The van der Waals surface area contributed by atoms with Crippen molar-refractivity contribution in [2.24, 2.45) is 0 Å². The number of likely N-dealkylation sites (N-methyl/N-ethyl adjacent to an activating group) is 1. The second-order valence-corrected chi connectivity index (χ2v) is 12.3. The molecule has 0 heterocycles. The minimum atomic E-state index is -4.15. The highest BCUT2D eigenvalue weighted by Crippen LogP contribution is 2.27. The maximum Gasteiger partial charge on any atom is 0.264 e. The van der Waals surface area contributed by atoms with E-state index >= 15 is 0 Å². The summed E-state index contributed by atoms with van der Waals surface area (Å²) >= 11 is 3.41. The summed E-state index contributed by atoms with van der Waals surface area (Å²) in [7, 11) is -1.08. The van der Waals surface area contributed by atoms with Gasteiger partial charge in [0, 0.05) is 24.5 Å². The summed E-state index contributed by atoms with van der Waals surface area (Å²) in [5, 5.41) is 2.68. The number of halogens is 1. The van der Waals surface area contributed by atoms with Crippen LogP contribution in [-0.2, 0) is 32.6 Å². The molecule has 1 atom stereocenters. The minimum Gasteiger partial charge on any atom is -0.497 e. The summed E-state index contributed by atoms with van der Waals surface area (Å²) in [6.07, 6.45) is 0.235. The first kappa shape index (κ1) is 30.8. The van der Waals surface area contributed by atoms with Crippen LogP contribution in [0, 0.1) is 0 Å². The zero-order valence-corrected chi connectivity index (χ0v) is 25.7. The standard InChI is InChI=1S/C32H32BrN3O5S/c1-34-32(38)30(20-24-11-5-3-6-12-24)35(22-25-13-9-16-28(19-25)41-2)31(37)23-36(27-15-10-14-26(33)21-27)42(39,40)29-17-7-4-8-18-29/h3-19,21,30H,20,22-23H2,1-2H3,(H,34,38). The van der Waals surface area contributed by atoms with E-state index in [1.54, 1.807) is 67.8 Å². The van der Waals surface area contributed by atoms with Crippen LogP contribution in [0.2, 0.25) is 0 Å². The van der Waals surface area contributed by atoms with Gasteiger partial charge in [0.05, 0.1) is 17.7 Å². The number of carbonyl (C=O) groups is 2. The number of ether oxygens (including phenoxy) is 1. The highest BCUT2D eigenvalue weighted by molar-refractivity contribution is 9.10. The predicted octanol–water partition coefficient (Wildman–Crippen LogP) is 5.04. The van der Waals surface area contributed by atoms with E-state index in [0.29, 0.717) is 15.9 Å². The summed E-state index contributed by atoms with van der Waals surface area (Å²) in [5.41, 5.74) is 1.89. The topological polar surface area (TPSA) is 96.0 Å². The average Bonchev–Trinajstić information content (AvgIpc) is 3.02. The van der Waals surface area contributed by atoms with E-state index in [0.717, 1.165) is 15.4 Å². The van der Waals surface area contributed by atoms with Gasteiger partial charge in [-0.15, -0.1) is 0 Å². The number of sulfonamides is 1. The zero-order valence-electron chi connectivity index (χ0n) is 23.3. The number of hydrogen-bond acceptors (Lipinski definition) is 5. The summed E-state index contributed by atoms with van der Waals surface area (Å²) in [6.45, 7) is -0.474. The molecule has 0 saturated carbocycles. The monoisotopic (exact) mass is 649 g/mol. The molecule has 4 rings (SSSR count). The molecule has 0 spiro atoms. The SMILES string of the molecule is CNC(=O)C(Cc1ccccc1)N(Cc1cccc(OC)c1)C(=O)CN(c1cccc(Br)c1)S(=O)(=O)c1ccccc1. The largest absolute Gasteiger partial charge is 0.497 e. The van der Waals surface area contributed by atoms with Gasteiger partial charge in [-0.2, -0.15) is 0 Å². The third kappa shape index (κ3) is 7.57. The molecule has 0 fully saturated rings. The Hall–Kier alpha value is -4.15. The first-order chi connectivity index (χ1) is 20.2. The Kier molecular flexibility index (Phi) is 10.4. The van der Waals surface area contributed by atoms with Gasteiger partial charge < -0.3 is 15.0 Å². The quantitative estimate of drug-likeness (QED) is 0.232. The Morgan fingerprint density at radius 2 is 1.50 bits per heavy atom. The number of anilines is 1. The number of hydrogen-bond donors (Lipinski definition) is 1. The van der Waals surface area contributed by atoms with Crippen molar-refractivity contribution in [3.63, 3.8) is 0 Å². The zero-order chi connectivity index (χ0) is 30.1. The van der Waals surface area contributed by atoms with Crippen molar-refractivity contribution in [2.75, 3.05) is 25.0 Å². The van der Waals surface area contributed by atoms with Crippen LogP contribution < -0.4 is 14.4 Å². The fraction of sp³-hybridized carbons (Fsp3) is 0.188. The van der Waals surface area contributed by atoms with Gasteiger partial charge in [0.15, 0.2) is 0 Å². The molecule has 0 aromatic heterocycles. The molecule has 4 aromatic carbocycles. The van der Waals surface area contributed by atoms with Crippen molar-refractivity contribution in [1.82, 2.24) is 10.2 Å². The van der Waals surface area contributed by atoms with E-state index < -0.39 is 28.5 Å². The molecule has 4 aromatic rings. The van der Waals surface area contributed by atoms with Crippen LogP contribution in [0.1, 0.15) is 11.1 Å². The predicted molar refractivity (Wildman–Crippen MR) is 167 cm³/mol. The lowest BCUT2D eigenvalue weighted by Gasteiger charge is -2.33. The molecule has 0 aliphatic rings. The van der Waals surface area contributed by atoms with Gasteiger partial charge in [0.1, 0.15) is 18.3 Å². The molecule has 1 unspecified atom stereocenters. The molecule has 42 heavy (non-hydrogen) atoms. The van der Waals surface area contributed by atoms with E-state index in [2.05, 4.69) is 21.2 Å². The van der Waals surface area contributed by atoms with Crippen LogP contribution in [0.5, 0.6) is 5.75 Å². The van der Waals surface area contributed by atoms with Crippen molar-refractivity contribution in [2.45, 2.75) is 23.9 Å². The molecule has 8 nitrogen and oxygen atoms in total. The first-order valence-electron chi connectivity index (χ1n) is 13.2. The highest BCUT2D eigenvalue weighted by atomic mass is 79.9. The van der Waals surface area contributed by atoms with Crippen molar-refractivity contribution in [3.05, 3.63) is 125 Å². The van der Waals surface area contributed by atoms with Gasteiger partial charge in [-0.25, -0.2) is 8.42 Å². The average molecular weight is 651 g/mol. The minimum absolute atomic E-state index is 0.0456. The Morgan fingerprint density at radius 3 is 2.14 bits per heavy atom. The first-order valence-corrected chi connectivity index (χ1v) is 15.5. The Balaban J connectivity index is 1.79. The molecule has 0 radical (unpaired) electrons. The maximum absolute atomic E-state index is 14.3. The van der Waals surface area contributed by atoms with Crippen LogP contribution in [0.3, 0.4) is 0 Å². The Labute approximate surface area is 255 Å². The van der Waals surface area contributed by atoms with E-state index in [1.165, 1.54) is 24.1 Å². The van der Waals surface area contributed by atoms with Crippen molar-refractivity contribution in [3.8, 4) is 5.75 Å². The normalized spacial score (nSPS) is 11.8. The van der Waals surface area contributed by atoms with Crippen LogP contribution in [0.25, 0.3) is 0 Å². The Morgan fingerprint density at radius 1 is 0.857 bits per heavy atom. The fourth-order valence-corrected chi connectivity index (χ4v) is 6.38. The summed E-state index contributed by atoms with van der Waals surface area (Å²) in [6, 6.07) is 30.4. The van der Waals surface area contributed by atoms with Crippen molar-refractivity contribution >= 4 is 43.5 Å². The lowest BCUT2D eigenvalue weighted by Crippen LogP contribution is -2.53. The van der Waals surface area contributed by atoms with Crippen LogP contribution >= 0.6 is 15.9 Å². The number of nitrogens with zero attached hydrogens (tertiary/aromatic N) is 2. The molecule has 0 aliphatic heterocycles. The molecular formula is C32H32BrN3O5S. The third-order valence-electron chi connectivity index (χ3n) is 6.71.